The highest BCUT2D eigenvalue weighted by Gasteiger charge is 2.09. The number of nitrogens with zero attached hydrogens (tertiary/aromatic N) is 3. The molecule has 0 spiro atoms. The second-order valence-electron chi connectivity index (χ2n) is 5.28. The summed E-state index contributed by atoms with van der Waals surface area (Å²) >= 11 is 1.54. The van der Waals surface area contributed by atoms with Crippen LogP contribution in [0.2, 0.25) is 0 Å². The van der Waals surface area contributed by atoms with Crippen LogP contribution in [0.25, 0.3) is 6.08 Å². The van der Waals surface area contributed by atoms with E-state index >= 15 is 0 Å². The number of aromatic nitrogens is 2. The minimum absolute atomic E-state index is 0.00708. The number of hydrogen-bond donors (Lipinski definition) is 1. The van der Waals surface area contributed by atoms with E-state index in [4.69, 9.17) is 4.42 Å². The smallest absolute Gasteiger partial charge is 0.322 e. The number of anilines is 1. The van der Waals surface area contributed by atoms with Crippen molar-refractivity contribution in [3.05, 3.63) is 82.2 Å². The first-order valence-corrected chi connectivity index (χ1v) is 8.82. The normalized spacial score (nSPS) is 10.8. The van der Waals surface area contributed by atoms with Gasteiger partial charge in [0, 0.05) is 23.1 Å². The Balaban J connectivity index is 1.54. The van der Waals surface area contributed by atoms with Crippen molar-refractivity contribution >= 4 is 35.4 Å². The van der Waals surface area contributed by atoms with Crippen LogP contribution in [0.3, 0.4) is 0 Å². The monoisotopic (exact) mass is 382 g/mol. The molecule has 1 N–H and O–H groups in total. The van der Waals surface area contributed by atoms with Gasteiger partial charge < -0.3 is 4.42 Å². The van der Waals surface area contributed by atoms with Gasteiger partial charge in [0.05, 0.1) is 10.7 Å². The van der Waals surface area contributed by atoms with Crippen molar-refractivity contribution in [2.45, 2.75) is 10.6 Å². The number of carbonyl (C=O) groups excluding carboxylic acids is 1. The standard InChI is InChI=1S/C18H14N4O4S/c23-16(10-9-13-5-4-6-14(11-13)22(24)25)19-18-21-20-17(26-18)12-27-15-7-2-1-3-8-15/h1-11H,12H2,(H,19,21,23). The van der Waals surface area contributed by atoms with Crippen LogP contribution in [0.15, 0.2) is 70.0 Å². The maximum atomic E-state index is 11.9. The highest BCUT2D eigenvalue weighted by molar-refractivity contribution is 7.98. The zero-order valence-electron chi connectivity index (χ0n) is 13.9. The number of nitro benzene ring substituents is 1. The van der Waals surface area contributed by atoms with Gasteiger partial charge in [-0.2, -0.15) is 0 Å². The van der Waals surface area contributed by atoms with Gasteiger partial charge in [-0.15, -0.1) is 16.9 Å². The Morgan fingerprint density at radius 3 is 2.78 bits per heavy atom. The first-order valence-electron chi connectivity index (χ1n) is 7.84. The lowest BCUT2D eigenvalue weighted by atomic mass is 10.2. The van der Waals surface area contributed by atoms with Gasteiger partial charge in [-0.3, -0.25) is 20.2 Å². The second-order valence-corrected chi connectivity index (χ2v) is 6.33. The van der Waals surface area contributed by atoms with Crippen LogP contribution in [0.5, 0.6) is 0 Å². The van der Waals surface area contributed by atoms with Crippen LogP contribution < -0.4 is 5.32 Å². The van der Waals surface area contributed by atoms with Gasteiger partial charge in [0.1, 0.15) is 0 Å². The van der Waals surface area contributed by atoms with Crippen LogP contribution in [0.1, 0.15) is 11.5 Å². The minimum Gasteiger partial charge on any atom is -0.407 e. The molecule has 0 saturated heterocycles. The topological polar surface area (TPSA) is 111 Å². The first-order chi connectivity index (χ1) is 13.1. The van der Waals surface area contributed by atoms with Gasteiger partial charge in [0.25, 0.3) is 11.6 Å². The largest absolute Gasteiger partial charge is 0.407 e. The number of amides is 1. The van der Waals surface area contributed by atoms with E-state index in [0.717, 1.165) is 4.90 Å². The van der Waals surface area contributed by atoms with Crippen LogP contribution in [0.4, 0.5) is 11.7 Å². The number of rotatable bonds is 7. The second kappa shape index (κ2) is 8.77. The third kappa shape index (κ3) is 5.51. The summed E-state index contributed by atoms with van der Waals surface area (Å²) in [5.41, 5.74) is 0.486. The van der Waals surface area contributed by atoms with Crippen LogP contribution in [-0.2, 0) is 10.5 Å². The summed E-state index contributed by atoms with van der Waals surface area (Å²) in [7, 11) is 0. The molecule has 0 fully saturated rings. The lowest BCUT2D eigenvalue weighted by Crippen LogP contribution is -2.07. The summed E-state index contributed by atoms with van der Waals surface area (Å²) in [6, 6.07) is 15.7. The fraction of sp³-hybridized carbons (Fsp3) is 0.0556. The summed E-state index contributed by atoms with van der Waals surface area (Å²) in [5, 5.41) is 20.9. The molecule has 0 aliphatic rings. The van der Waals surface area contributed by atoms with Crippen molar-refractivity contribution in [3.8, 4) is 0 Å². The van der Waals surface area contributed by atoms with E-state index in [1.54, 1.807) is 12.1 Å². The first kappa shape index (κ1) is 18.3. The number of non-ortho nitro benzene ring substituents is 1. The SMILES string of the molecule is O=C(C=Cc1cccc([N+](=O)[O-])c1)Nc1nnc(CSc2ccccc2)o1. The van der Waals surface area contributed by atoms with E-state index in [1.165, 1.54) is 36.0 Å². The van der Waals surface area contributed by atoms with Crippen LogP contribution >= 0.6 is 11.8 Å². The Kier molecular flexibility index (Phi) is 5.95. The summed E-state index contributed by atoms with van der Waals surface area (Å²) in [5.74, 6) is 0.394. The number of carbonyl (C=O) groups is 1. The molecule has 9 heteroatoms. The Morgan fingerprint density at radius 2 is 2.00 bits per heavy atom. The summed E-state index contributed by atoms with van der Waals surface area (Å²) in [4.78, 5) is 23.3. The summed E-state index contributed by atoms with van der Waals surface area (Å²) in [6.45, 7) is 0. The molecule has 3 aromatic rings. The fourth-order valence-electron chi connectivity index (χ4n) is 2.09. The van der Waals surface area contributed by atoms with Crippen molar-refractivity contribution in [3.63, 3.8) is 0 Å². The van der Waals surface area contributed by atoms with Gasteiger partial charge in [-0.25, -0.2) is 0 Å². The molecular weight excluding hydrogens is 368 g/mol. The summed E-state index contributed by atoms with van der Waals surface area (Å²) < 4.78 is 5.38. The quantitative estimate of drug-likeness (QED) is 0.285. The zero-order valence-corrected chi connectivity index (χ0v) is 14.8. The molecule has 0 aliphatic heterocycles. The van der Waals surface area contributed by atoms with Gasteiger partial charge >= 0.3 is 6.01 Å². The molecule has 1 heterocycles. The van der Waals surface area contributed by atoms with E-state index in [2.05, 4.69) is 15.5 Å². The van der Waals surface area contributed by atoms with Crippen molar-refractivity contribution in [2.24, 2.45) is 0 Å². The van der Waals surface area contributed by atoms with Gasteiger partial charge in [-0.1, -0.05) is 35.4 Å². The lowest BCUT2D eigenvalue weighted by molar-refractivity contribution is -0.384. The Labute approximate surface area is 158 Å². The predicted octanol–water partition coefficient (Wildman–Crippen LogP) is 3.92. The van der Waals surface area contributed by atoms with Crippen molar-refractivity contribution < 1.29 is 14.1 Å². The maximum absolute atomic E-state index is 11.9. The van der Waals surface area contributed by atoms with Gasteiger partial charge in [-0.05, 0) is 23.8 Å². The Bertz CT molecular complexity index is 972. The molecule has 0 atom stereocenters. The van der Waals surface area contributed by atoms with E-state index in [1.807, 2.05) is 30.3 Å². The average molecular weight is 382 g/mol. The van der Waals surface area contributed by atoms with Gasteiger partial charge in [0.15, 0.2) is 0 Å². The molecule has 0 radical (unpaired) electrons. The fourth-order valence-corrected chi connectivity index (χ4v) is 2.84. The Morgan fingerprint density at radius 1 is 1.19 bits per heavy atom. The van der Waals surface area contributed by atoms with Crippen molar-refractivity contribution in [1.29, 1.82) is 0 Å². The van der Waals surface area contributed by atoms with E-state index in [9.17, 15) is 14.9 Å². The van der Waals surface area contributed by atoms with Crippen molar-refractivity contribution in [1.82, 2.24) is 10.2 Å². The minimum atomic E-state index is -0.495. The highest BCUT2D eigenvalue weighted by atomic mass is 32.2. The number of nitrogens with one attached hydrogen (secondary N) is 1. The molecular formula is C18H14N4O4S. The number of hydrogen-bond acceptors (Lipinski definition) is 7. The van der Waals surface area contributed by atoms with E-state index < -0.39 is 10.8 Å². The van der Waals surface area contributed by atoms with Crippen molar-refractivity contribution in [2.75, 3.05) is 5.32 Å². The number of nitro groups is 1. The molecule has 0 saturated carbocycles. The van der Waals surface area contributed by atoms with E-state index in [-0.39, 0.29) is 11.7 Å². The molecule has 8 nitrogen and oxygen atoms in total. The zero-order chi connectivity index (χ0) is 19.1. The van der Waals surface area contributed by atoms with E-state index in [0.29, 0.717) is 17.2 Å². The highest BCUT2D eigenvalue weighted by Crippen LogP contribution is 2.22. The molecule has 0 unspecified atom stereocenters. The van der Waals surface area contributed by atoms with Crippen LogP contribution in [-0.4, -0.2) is 21.0 Å². The average Bonchev–Trinajstić information content (AvgIpc) is 3.13. The molecule has 0 bridgehead atoms. The maximum Gasteiger partial charge on any atom is 0.322 e. The molecule has 27 heavy (non-hydrogen) atoms. The molecule has 3 rings (SSSR count). The Hall–Kier alpha value is -3.46. The molecule has 136 valence electrons. The molecule has 2 aromatic carbocycles. The third-order valence-electron chi connectivity index (χ3n) is 3.31. The third-order valence-corrected chi connectivity index (χ3v) is 4.31. The summed E-state index contributed by atoms with van der Waals surface area (Å²) in [6.07, 6.45) is 2.70. The molecule has 1 amide bonds. The number of benzene rings is 2. The van der Waals surface area contributed by atoms with Crippen LogP contribution in [0, 0.1) is 10.1 Å². The molecule has 0 aliphatic carbocycles. The number of thioether (sulfide) groups is 1. The predicted molar refractivity (Wildman–Crippen MR) is 101 cm³/mol. The lowest BCUT2D eigenvalue weighted by Gasteiger charge is -1.97. The molecule has 1 aromatic heterocycles. The van der Waals surface area contributed by atoms with Gasteiger partial charge in [0.2, 0.25) is 5.89 Å².